The van der Waals surface area contributed by atoms with Crippen molar-refractivity contribution in [3.05, 3.63) is 15.8 Å². The average Bonchev–Trinajstić information content (AvgIpc) is 2.78. The minimum Gasteiger partial charge on any atom is -0.444 e. The fourth-order valence-corrected chi connectivity index (χ4v) is 3.03. The molecule has 1 saturated carbocycles. The quantitative estimate of drug-likeness (QED) is 0.855. The minimum absolute atomic E-state index is 0.366. The SMILES string of the molecule is Cc1scc(NC(=O)OC(C)(C)C)c1C1CC1C. The van der Waals surface area contributed by atoms with Gasteiger partial charge in [-0.3, -0.25) is 5.32 Å². The van der Waals surface area contributed by atoms with Gasteiger partial charge in [0.1, 0.15) is 5.60 Å². The average molecular weight is 267 g/mol. The lowest BCUT2D eigenvalue weighted by Crippen LogP contribution is -2.27. The Bertz CT molecular complexity index is 459. The number of anilines is 1. The first-order chi connectivity index (χ1) is 8.28. The van der Waals surface area contributed by atoms with Gasteiger partial charge < -0.3 is 4.74 Å². The summed E-state index contributed by atoms with van der Waals surface area (Å²) in [7, 11) is 0. The molecule has 2 atom stereocenters. The van der Waals surface area contributed by atoms with Crippen molar-refractivity contribution < 1.29 is 9.53 Å². The molecule has 0 aliphatic heterocycles. The predicted molar refractivity (Wildman–Crippen MR) is 75.4 cm³/mol. The van der Waals surface area contributed by atoms with Crippen LogP contribution in [-0.4, -0.2) is 11.7 Å². The molecule has 100 valence electrons. The van der Waals surface area contributed by atoms with Crippen molar-refractivity contribution in [3.8, 4) is 0 Å². The standard InChI is InChI=1S/C14H21NO2S/c1-8-6-10(8)12-9(2)18-7-11(12)15-13(16)17-14(3,4)5/h7-8,10H,6H2,1-5H3,(H,15,16). The molecule has 1 aliphatic carbocycles. The largest absolute Gasteiger partial charge is 0.444 e. The number of ether oxygens (including phenoxy) is 1. The van der Waals surface area contributed by atoms with Crippen molar-refractivity contribution >= 4 is 23.1 Å². The van der Waals surface area contributed by atoms with Gasteiger partial charge in [0.05, 0.1) is 5.69 Å². The third-order valence-corrected chi connectivity index (χ3v) is 4.07. The number of aryl methyl sites for hydroxylation is 1. The van der Waals surface area contributed by atoms with Crippen LogP contribution in [0.2, 0.25) is 0 Å². The summed E-state index contributed by atoms with van der Waals surface area (Å²) in [4.78, 5) is 13.1. The number of carbonyl (C=O) groups excluding carboxylic acids is 1. The summed E-state index contributed by atoms with van der Waals surface area (Å²) in [5, 5.41) is 4.89. The summed E-state index contributed by atoms with van der Waals surface area (Å²) in [6, 6.07) is 0. The number of hydrogen-bond donors (Lipinski definition) is 1. The minimum atomic E-state index is -0.456. The van der Waals surface area contributed by atoms with E-state index in [4.69, 9.17) is 4.74 Å². The van der Waals surface area contributed by atoms with E-state index < -0.39 is 5.60 Å². The van der Waals surface area contributed by atoms with Gasteiger partial charge in [0, 0.05) is 10.3 Å². The van der Waals surface area contributed by atoms with E-state index in [1.54, 1.807) is 11.3 Å². The summed E-state index contributed by atoms with van der Waals surface area (Å²) in [5.41, 5.74) is 1.78. The van der Waals surface area contributed by atoms with Gasteiger partial charge >= 0.3 is 6.09 Å². The van der Waals surface area contributed by atoms with Gasteiger partial charge in [0.25, 0.3) is 0 Å². The fourth-order valence-electron chi connectivity index (χ4n) is 2.16. The first kappa shape index (κ1) is 13.4. The third-order valence-electron chi connectivity index (χ3n) is 3.14. The van der Waals surface area contributed by atoms with Crippen molar-refractivity contribution in [2.24, 2.45) is 5.92 Å². The van der Waals surface area contributed by atoms with E-state index in [0.29, 0.717) is 5.92 Å². The molecule has 0 bridgehead atoms. The van der Waals surface area contributed by atoms with Crippen molar-refractivity contribution in [2.45, 2.75) is 52.6 Å². The molecule has 1 N–H and O–H groups in total. The zero-order valence-electron chi connectivity index (χ0n) is 11.7. The second-order valence-electron chi connectivity index (χ2n) is 6.07. The van der Waals surface area contributed by atoms with Crippen LogP contribution in [0.3, 0.4) is 0 Å². The Morgan fingerprint density at radius 2 is 2.11 bits per heavy atom. The highest BCUT2D eigenvalue weighted by molar-refractivity contribution is 7.10. The molecule has 2 unspecified atom stereocenters. The molecular formula is C14H21NO2S. The maximum Gasteiger partial charge on any atom is 0.412 e. The van der Waals surface area contributed by atoms with Gasteiger partial charge in [-0.2, -0.15) is 0 Å². The highest BCUT2D eigenvalue weighted by atomic mass is 32.1. The maximum atomic E-state index is 11.8. The van der Waals surface area contributed by atoms with E-state index in [0.717, 1.165) is 11.6 Å². The molecule has 18 heavy (non-hydrogen) atoms. The monoisotopic (exact) mass is 267 g/mol. The van der Waals surface area contributed by atoms with Crippen LogP contribution in [0.5, 0.6) is 0 Å². The Morgan fingerprint density at radius 3 is 2.61 bits per heavy atom. The normalized spacial score (nSPS) is 22.7. The number of rotatable bonds is 2. The second-order valence-corrected chi connectivity index (χ2v) is 7.15. The summed E-state index contributed by atoms with van der Waals surface area (Å²) in [6.45, 7) is 9.98. The fraction of sp³-hybridized carbons (Fsp3) is 0.643. The number of nitrogens with one attached hydrogen (secondary N) is 1. The molecule has 1 heterocycles. The topological polar surface area (TPSA) is 38.3 Å². The van der Waals surface area contributed by atoms with Crippen LogP contribution in [0.1, 0.15) is 50.5 Å². The molecule has 0 spiro atoms. The first-order valence-corrected chi connectivity index (χ1v) is 7.24. The Kier molecular flexibility index (Phi) is 3.41. The van der Waals surface area contributed by atoms with Crippen LogP contribution in [0.4, 0.5) is 10.5 Å². The van der Waals surface area contributed by atoms with Gasteiger partial charge in [0.15, 0.2) is 0 Å². The third kappa shape index (κ3) is 3.05. The zero-order chi connectivity index (χ0) is 13.5. The Balaban J connectivity index is 2.08. The highest BCUT2D eigenvalue weighted by Gasteiger charge is 2.37. The number of carbonyl (C=O) groups is 1. The van der Waals surface area contributed by atoms with Crippen LogP contribution in [-0.2, 0) is 4.74 Å². The molecule has 4 heteroatoms. The predicted octanol–water partition coefficient (Wildman–Crippen LogP) is 4.53. The number of amides is 1. The molecule has 3 nitrogen and oxygen atoms in total. The van der Waals surface area contributed by atoms with Crippen molar-refractivity contribution in [3.63, 3.8) is 0 Å². The van der Waals surface area contributed by atoms with Crippen LogP contribution >= 0.6 is 11.3 Å². The molecule has 2 rings (SSSR count). The van der Waals surface area contributed by atoms with Gasteiger partial charge in [-0.05, 0) is 51.5 Å². The van der Waals surface area contributed by atoms with Gasteiger partial charge in [-0.15, -0.1) is 11.3 Å². The summed E-state index contributed by atoms with van der Waals surface area (Å²) >= 11 is 1.69. The van der Waals surface area contributed by atoms with E-state index in [1.807, 2.05) is 26.2 Å². The molecule has 0 radical (unpaired) electrons. The molecule has 0 saturated heterocycles. The van der Waals surface area contributed by atoms with E-state index >= 15 is 0 Å². The molecule has 1 fully saturated rings. The lowest BCUT2D eigenvalue weighted by molar-refractivity contribution is 0.0636. The van der Waals surface area contributed by atoms with Gasteiger partial charge in [0.2, 0.25) is 0 Å². The van der Waals surface area contributed by atoms with Gasteiger partial charge in [-0.1, -0.05) is 6.92 Å². The number of thiophene rings is 1. The highest BCUT2D eigenvalue weighted by Crippen LogP contribution is 2.52. The van der Waals surface area contributed by atoms with E-state index in [2.05, 4.69) is 19.2 Å². The molecule has 1 aromatic heterocycles. The Morgan fingerprint density at radius 1 is 1.50 bits per heavy atom. The summed E-state index contributed by atoms with van der Waals surface area (Å²) < 4.78 is 5.29. The van der Waals surface area contributed by atoms with E-state index in [-0.39, 0.29) is 6.09 Å². The molecule has 1 aliphatic rings. The van der Waals surface area contributed by atoms with Crippen LogP contribution in [0.25, 0.3) is 0 Å². The maximum absolute atomic E-state index is 11.8. The zero-order valence-corrected chi connectivity index (χ0v) is 12.5. The van der Waals surface area contributed by atoms with Crippen LogP contribution in [0.15, 0.2) is 5.38 Å². The smallest absolute Gasteiger partial charge is 0.412 e. The molecule has 0 aromatic carbocycles. The van der Waals surface area contributed by atoms with E-state index in [1.165, 1.54) is 16.9 Å². The van der Waals surface area contributed by atoms with Crippen LogP contribution < -0.4 is 5.32 Å². The summed E-state index contributed by atoms with van der Waals surface area (Å²) in [6.07, 6.45) is 0.857. The number of hydrogen-bond acceptors (Lipinski definition) is 3. The lowest BCUT2D eigenvalue weighted by Gasteiger charge is -2.19. The molecule has 1 amide bonds. The van der Waals surface area contributed by atoms with Crippen molar-refractivity contribution in [2.75, 3.05) is 5.32 Å². The van der Waals surface area contributed by atoms with Crippen molar-refractivity contribution in [1.82, 2.24) is 0 Å². The van der Waals surface area contributed by atoms with Crippen LogP contribution in [0, 0.1) is 12.8 Å². The molecular weight excluding hydrogens is 246 g/mol. The first-order valence-electron chi connectivity index (χ1n) is 6.36. The Labute approximate surface area is 113 Å². The second kappa shape index (κ2) is 4.57. The molecule has 1 aromatic rings. The Hall–Kier alpha value is -1.03. The van der Waals surface area contributed by atoms with Crippen molar-refractivity contribution in [1.29, 1.82) is 0 Å². The van der Waals surface area contributed by atoms with Gasteiger partial charge in [-0.25, -0.2) is 4.79 Å². The lowest BCUT2D eigenvalue weighted by atomic mass is 10.1. The van der Waals surface area contributed by atoms with E-state index in [9.17, 15) is 4.79 Å². The summed E-state index contributed by atoms with van der Waals surface area (Å²) in [5.74, 6) is 1.35.